The monoisotopic (exact) mass is 522 g/mol. The van der Waals surface area contributed by atoms with Gasteiger partial charge in [0.15, 0.2) is 5.11 Å². The van der Waals surface area contributed by atoms with Crippen molar-refractivity contribution in [2.24, 2.45) is 0 Å². The lowest BCUT2D eigenvalue weighted by Crippen LogP contribution is -2.25. The van der Waals surface area contributed by atoms with Crippen molar-refractivity contribution >= 4 is 41.1 Å². The van der Waals surface area contributed by atoms with Gasteiger partial charge in [-0.3, -0.25) is 9.69 Å². The van der Waals surface area contributed by atoms with Crippen LogP contribution in [0.1, 0.15) is 28.8 Å². The summed E-state index contributed by atoms with van der Waals surface area (Å²) in [5.41, 5.74) is 2.70. The quantitative estimate of drug-likeness (QED) is 0.248. The number of aromatic nitrogens is 1. The molecule has 6 nitrogen and oxygen atoms in total. The second-order valence-corrected chi connectivity index (χ2v) is 9.12. The number of carbonyl (C=O) groups excluding carboxylic acids is 1. The maximum atomic E-state index is 13.7. The number of nitrogens with one attached hydrogen (secondary N) is 1. The zero-order valence-corrected chi connectivity index (χ0v) is 20.9. The number of nitrogens with zero attached hydrogens (tertiary/aromatic N) is 3. The molecule has 1 aromatic heterocycles. The Morgan fingerprint density at radius 2 is 2.00 bits per heavy atom. The van der Waals surface area contributed by atoms with Crippen LogP contribution in [-0.2, 0) is 10.5 Å². The number of hydrogen-bond donors (Lipinski definition) is 1. The number of halogens is 2. The maximum absolute atomic E-state index is 13.7. The van der Waals surface area contributed by atoms with Gasteiger partial charge in [0.2, 0.25) is 0 Å². The van der Waals surface area contributed by atoms with Crippen molar-refractivity contribution in [3.8, 4) is 22.9 Å². The summed E-state index contributed by atoms with van der Waals surface area (Å²) < 4.78 is 32.8. The van der Waals surface area contributed by atoms with E-state index in [2.05, 4.69) is 16.4 Å². The molecule has 1 aliphatic rings. The molecular weight excluding hydrogens is 502 g/mol. The maximum Gasteiger partial charge on any atom is 0.280 e. The third kappa shape index (κ3) is 5.22. The van der Waals surface area contributed by atoms with Crippen LogP contribution in [0.15, 0.2) is 65.3 Å². The number of hydrogen-bond acceptors (Lipinski definition) is 6. The number of likely N-dealkylation sites (N-methyl/N-ethyl adjacent to an activating group) is 1. The third-order valence-electron chi connectivity index (χ3n) is 5.49. The van der Waals surface area contributed by atoms with Gasteiger partial charge in [0.25, 0.3) is 12.3 Å². The lowest BCUT2D eigenvalue weighted by Gasteiger charge is -2.13. The Balaban J connectivity index is 1.69. The van der Waals surface area contributed by atoms with Crippen molar-refractivity contribution in [2.45, 2.75) is 17.2 Å². The number of methoxy groups -OCH3 is 1. The lowest BCUT2D eigenvalue weighted by molar-refractivity contribution is -0.121. The van der Waals surface area contributed by atoms with Crippen molar-refractivity contribution in [1.82, 2.24) is 15.2 Å². The molecule has 0 atom stereocenters. The van der Waals surface area contributed by atoms with Gasteiger partial charge in [-0.05, 0) is 47.6 Å². The molecule has 0 spiro atoms. The Bertz CT molecular complexity index is 1410. The number of nitriles is 1. The average molecular weight is 523 g/mol. The molecule has 1 N–H and O–H groups in total. The molecule has 0 unspecified atom stereocenters. The van der Waals surface area contributed by atoms with E-state index in [1.54, 1.807) is 49.5 Å². The first kappa shape index (κ1) is 25.3. The average Bonchev–Trinajstić information content (AvgIpc) is 3.13. The van der Waals surface area contributed by atoms with Gasteiger partial charge < -0.3 is 10.1 Å². The van der Waals surface area contributed by atoms with Crippen molar-refractivity contribution in [3.63, 3.8) is 0 Å². The molecule has 36 heavy (non-hydrogen) atoms. The molecule has 1 saturated heterocycles. The minimum absolute atomic E-state index is 0.208. The zero-order valence-electron chi connectivity index (χ0n) is 19.3. The van der Waals surface area contributed by atoms with Gasteiger partial charge in [-0.1, -0.05) is 36.4 Å². The number of ether oxygens (including phenoxy) is 1. The van der Waals surface area contributed by atoms with E-state index in [9.17, 15) is 18.8 Å². The van der Waals surface area contributed by atoms with Crippen LogP contribution in [0.2, 0.25) is 0 Å². The minimum atomic E-state index is -2.79. The van der Waals surface area contributed by atoms with E-state index >= 15 is 0 Å². The standard InChI is InChI=1S/C26H20F2N4O2S2/c1-32-25(33)21(31-26(32)35)11-15-8-9-22(34-2)17(10-15)14-36-24-19(13-29)18(12-20(30-24)23(27)28)16-6-4-3-5-7-16/h3-12,23H,14H2,1-2H3,(H,31,35)/b21-11+. The van der Waals surface area contributed by atoms with Crippen LogP contribution in [-0.4, -0.2) is 35.1 Å². The molecular formula is C26H20F2N4O2S2. The lowest BCUT2D eigenvalue weighted by atomic mass is 10.0. The van der Waals surface area contributed by atoms with Crippen LogP contribution >= 0.6 is 24.0 Å². The summed E-state index contributed by atoms with van der Waals surface area (Å²) in [5, 5.41) is 13.3. The Hall–Kier alpha value is -3.81. The summed E-state index contributed by atoms with van der Waals surface area (Å²) in [6, 6.07) is 17.7. The van der Waals surface area contributed by atoms with Gasteiger partial charge in [-0.25, -0.2) is 13.8 Å². The molecule has 3 aromatic rings. The van der Waals surface area contributed by atoms with Gasteiger partial charge in [0.1, 0.15) is 28.2 Å². The Morgan fingerprint density at radius 3 is 2.61 bits per heavy atom. The smallest absolute Gasteiger partial charge is 0.280 e. The fraction of sp³-hybridized carbons (Fsp3) is 0.154. The van der Waals surface area contributed by atoms with Crippen molar-refractivity contribution in [1.29, 1.82) is 5.26 Å². The highest BCUT2D eigenvalue weighted by Gasteiger charge is 2.27. The molecule has 10 heteroatoms. The summed E-state index contributed by atoms with van der Waals surface area (Å²) in [6.07, 6.45) is -1.11. The van der Waals surface area contributed by atoms with E-state index in [1.807, 2.05) is 12.1 Å². The van der Waals surface area contributed by atoms with Gasteiger partial charge in [-0.15, -0.1) is 11.8 Å². The second-order valence-electron chi connectivity index (χ2n) is 7.77. The van der Waals surface area contributed by atoms with Crippen LogP contribution in [0.25, 0.3) is 17.2 Å². The molecule has 1 aliphatic heterocycles. The number of alkyl halides is 2. The van der Waals surface area contributed by atoms with Crippen LogP contribution in [0.5, 0.6) is 5.75 Å². The largest absolute Gasteiger partial charge is 0.496 e. The first-order chi connectivity index (χ1) is 17.3. The van der Waals surface area contributed by atoms with Gasteiger partial charge in [0, 0.05) is 23.9 Å². The van der Waals surface area contributed by atoms with E-state index in [1.165, 1.54) is 29.8 Å². The van der Waals surface area contributed by atoms with Gasteiger partial charge in [0.05, 0.1) is 12.7 Å². The van der Waals surface area contributed by atoms with Gasteiger partial charge in [-0.2, -0.15) is 5.26 Å². The van der Waals surface area contributed by atoms with Crippen molar-refractivity contribution < 1.29 is 18.3 Å². The molecule has 0 saturated carbocycles. The highest BCUT2D eigenvalue weighted by atomic mass is 32.2. The Kier molecular flexibility index (Phi) is 7.62. The fourth-order valence-corrected chi connectivity index (χ4v) is 4.83. The van der Waals surface area contributed by atoms with Crippen LogP contribution in [0.4, 0.5) is 8.78 Å². The van der Waals surface area contributed by atoms with E-state index in [-0.39, 0.29) is 16.5 Å². The molecule has 2 aromatic carbocycles. The molecule has 182 valence electrons. The SMILES string of the molecule is COc1ccc(/C=C2/NC(=S)N(C)C2=O)cc1CSc1nc(C(F)F)cc(-c2ccccc2)c1C#N. The molecule has 4 rings (SSSR count). The highest BCUT2D eigenvalue weighted by molar-refractivity contribution is 7.98. The summed E-state index contributed by atoms with van der Waals surface area (Å²) in [5.74, 6) is 0.629. The summed E-state index contributed by atoms with van der Waals surface area (Å²) in [4.78, 5) is 17.8. The number of amides is 1. The molecule has 0 bridgehead atoms. The predicted octanol–water partition coefficient (Wildman–Crippen LogP) is 5.55. The fourth-order valence-electron chi connectivity index (χ4n) is 3.65. The van der Waals surface area contributed by atoms with E-state index < -0.39 is 12.1 Å². The highest BCUT2D eigenvalue weighted by Crippen LogP contribution is 2.36. The van der Waals surface area contributed by atoms with Gasteiger partial charge >= 0.3 is 0 Å². The number of carbonyl (C=O) groups is 1. The van der Waals surface area contributed by atoms with E-state index in [0.29, 0.717) is 33.4 Å². The van der Waals surface area contributed by atoms with Crippen molar-refractivity contribution in [2.75, 3.05) is 14.2 Å². The van der Waals surface area contributed by atoms with Crippen LogP contribution in [0.3, 0.4) is 0 Å². The third-order valence-corrected chi connectivity index (χ3v) is 6.89. The molecule has 2 heterocycles. The van der Waals surface area contributed by atoms with E-state index in [0.717, 1.165) is 11.1 Å². The number of thiocarbonyl (C=S) groups is 1. The first-order valence-electron chi connectivity index (χ1n) is 10.7. The first-order valence-corrected chi connectivity index (χ1v) is 12.1. The second kappa shape index (κ2) is 10.8. The van der Waals surface area contributed by atoms with E-state index in [4.69, 9.17) is 17.0 Å². The van der Waals surface area contributed by atoms with Crippen LogP contribution in [0, 0.1) is 11.3 Å². The Morgan fingerprint density at radius 1 is 1.25 bits per heavy atom. The molecule has 0 aliphatic carbocycles. The molecule has 1 fully saturated rings. The predicted molar refractivity (Wildman–Crippen MR) is 138 cm³/mol. The number of benzene rings is 2. The van der Waals surface area contributed by atoms with Crippen molar-refractivity contribution in [3.05, 3.63) is 82.7 Å². The summed E-state index contributed by atoms with van der Waals surface area (Å²) in [6.45, 7) is 0. The zero-order chi connectivity index (χ0) is 25.8. The molecule has 1 amide bonds. The number of pyridine rings is 1. The summed E-state index contributed by atoms with van der Waals surface area (Å²) in [7, 11) is 3.12. The molecule has 0 radical (unpaired) electrons. The van der Waals surface area contributed by atoms with Crippen LogP contribution < -0.4 is 10.1 Å². The normalized spacial score (nSPS) is 14.3. The number of rotatable bonds is 7. The number of thioether (sulfide) groups is 1. The Labute approximate surface area is 216 Å². The minimum Gasteiger partial charge on any atom is -0.496 e. The summed E-state index contributed by atoms with van der Waals surface area (Å²) >= 11 is 6.28. The topological polar surface area (TPSA) is 78.2 Å².